The van der Waals surface area contributed by atoms with Crippen molar-refractivity contribution in [1.29, 1.82) is 0 Å². The largest absolute Gasteiger partial charge is 0.486 e. The maximum atomic E-state index is 11.6. The molecule has 0 aliphatic carbocycles. The van der Waals surface area contributed by atoms with Crippen molar-refractivity contribution in [2.45, 2.75) is 40.8 Å². The second-order valence-electron chi connectivity index (χ2n) is 5.91. The summed E-state index contributed by atoms with van der Waals surface area (Å²) in [5.74, 6) is 0.924. The van der Waals surface area contributed by atoms with Crippen molar-refractivity contribution in [3.8, 4) is 5.75 Å². The van der Waals surface area contributed by atoms with Gasteiger partial charge in [-0.1, -0.05) is 12.1 Å². The number of nitrogens with zero attached hydrogens (tertiary/aromatic N) is 2. The number of carbonyl (C=O) groups excluding carboxylic acids is 1. The van der Waals surface area contributed by atoms with Crippen molar-refractivity contribution in [2.24, 2.45) is 0 Å². The highest BCUT2D eigenvalue weighted by Crippen LogP contribution is 2.24. The van der Waals surface area contributed by atoms with Crippen LogP contribution >= 0.6 is 11.3 Å². The van der Waals surface area contributed by atoms with E-state index in [1.165, 1.54) is 11.1 Å². The molecule has 1 aromatic carbocycles. The molecule has 1 heterocycles. The number of aromatic nitrogens is 1. The zero-order valence-corrected chi connectivity index (χ0v) is 15.6. The van der Waals surface area contributed by atoms with Gasteiger partial charge in [0.2, 0.25) is 5.91 Å². The van der Waals surface area contributed by atoms with E-state index in [1.54, 1.807) is 29.2 Å². The van der Waals surface area contributed by atoms with E-state index in [9.17, 15) is 4.79 Å². The van der Waals surface area contributed by atoms with Gasteiger partial charge in [-0.05, 0) is 43.5 Å². The Morgan fingerprint density at radius 1 is 1.38 bits per heavy atom. The number of hydrogen-bond donors (Lipinski definition) is 0. The molecule has 0 aliphatic rings. The van der Waals surface area contributed by atoms with Gasteiger partial charge in [0, 0.05) is 18.8 Å². The molecule has 0 N–H and O–H groups in total. The molecule has 0 spiro atoms. The maximum Gasteiger partial charge on any atom is 0.220 e. The summed E-state index contributed by atoms with van der Waals surface area (Å²) < 4.78 is 5.95. The molecule has 0 radical (unpaired) electrons. The average molecular weight is 344 g/mol. The number of ether oxygens (including phenoxy) is 1. The SMILES string of the molecule is C=CCN(Cc1csc(COc2cc(C)cc(C)c2C)n1)C(C)=O. The first kappa shape index (κ1) is 18.2. The second-order valence-corrected chi connectivity index (χ2v) is 6.86. The van der Waals surface area contributed by atoms with Gasteiger partial charge in [-0.2, -0.15) is 0 Å². The standard InChI is InChI=1S/C19H24N2O2S/c1-6-7-21(16(5)22)10-17-12-24-19(20-17)11-23-18-9-13(2)8-14(3)15(18)4/h6,8-9,12H,1,7,10-11H2,2-5H3. The first-order valence-electron chi connectivity index (χ1n) is 7.91. The minimum atomic E-state index is 0.0200. The third kappa shape index (κ3) is 4.68. The van der Waals surface area contributed by atoms with Crippen LogP contribution in [0.4, 0.5) is 0 Å². The van der Waals surface area contributed by atoms with Crippen LogP contribution < -0.4 is 4.74 Å². The van der Waals surface area contributed by atoms with E-state index >= 15 is 0 Å². The Hall–Kier alpha value is -2.14. The van der Waals surface area contributed by atoms with Crippen molar-refractivity contribution < 1.29 is 9.53 Å². The number of amides is 1. The molecule has 24 heavy (non-hydrogen) atoms. The predicted octanol–water partition coefficient (Wildman–Crippen LogP) is 4.18. The lowest BCUT2D eigenvalue weighted by Gasteiger charge is -2.17. The van der Waals surface area contributed by atoms with Crippen molar-refractivity contribution >= 4 is 17.2 Å². The molecule has 2 aromatic rings. The number of rotatable bonds is 7. The topological polar surface area (TPSA) is 42.4 Å². The molecule has 1 aromatic heterocycles. The van der Waals surface area contributed by atoms with E-state index in [2.05, 4.69) is 44.5 Å². The Balaban J connectivity index is 2.02. The van der Waals surface area contributed by atoms with Crippen LogP contribution in [0.2, 0.25) is 0 Å². The lowest BCUT2D eigenvalue weighted by Crippen LogP contribution is -2.28. The van der Waals surface area contributed by atoms with Crippen LogP contribution in [0, 0.1) is 20.8 Å². The van der Waals surface area contributed by atoms with Gasteiger partial charge in [0.15, 0.2) is 0 Å². The number of aryl methyl sites for hydroxylation is 2. The monoisotopic (exact) mass is 344 g/mol. The highest BCUT2D eigenvalue weighted by atomic mass is 32.1. The van der Waals surface area contributed by atoms with Gasteiger partial charge < -0.3 is 9.64 Å². The van der Waals surface area contributed by atoms with Crippen molar-refractivity contribution in [3.05, 3.63) is 57.6 Å². The van der Waals surface area contributed by atoms with Gasteiger partial charge in [0.25, 0.3) is 0 Å². The predicted molar refractivity (Wildman–Crippen MR) is 98.4 cm³/mol. The van der Waals surface area contributed by atoms with Gasteiger partial charge in [0.1, 0.15) is 17.4 Å². The summed E-state index contributed by atoms with van der Waals surface area (Å²) >= 11 is 1.55. The first-order chi connectivity index (χ1) is 11.4. The zero-order valence-electron chi connectivity index (χ0n) is 14.8. The maximum absolute atomic E-state index is 11.6. The van der Waals surface area contributed by atoms with E-state index < -0.39 is 0 Å². The van der Waals surface area contributed by atoms with Crippen LogP contribution in [0.15, 0.2) is 30.2 Å². The Morgan fingerprint density at radius 2 is 2.12 bits per heavy atom. The smallest absolute Gasteiger partial charge is 0.220 e. The highest BCUT2D eigenvalue weighted by Gasteiger charge is 2.11. The fourth-order valence-electron chi connectivity index (χ4n) is 2.43. The molecule has 0 aliphatic heterocycles. The average Bonchev–Trinajstić information content (AvgIpc) is 2.96. The summed E-state index contributed by atoms with van der Waals surface area (Å²) in [7, 11) is 0. The van der Waals surface area contributed by atoms with Gasteiger partial charge in [0.05, 0.1) is 12.2 Å². The fourth-order valence-corrected chi connectivity index (χ4v) is 3.13. The lowest BCUT2D eigenvalue weighted by atomic mass is 10.1. The molecule has 5 heteroatoms. The van der Waals surface area contributed by atoms with Crippen molar-refractivity contribution in [2.75, 3.05) is 6.54 Å². The van der Waals surface area contributed by atoms with Crippen LogP contribution in [0.3, 0.4) is 0 Å². The van der Waals surface area contributed by atoms with Crippen molar-refractivity contribution in [1.82, 2.24) is 9.88 Å². The van der Waals surface area contributed by atoms with E-state index in [1.807, 2.05) is 5.38 Å². The molecule has 2 rings (SSSR count). The molecular formula is C19H24N2O2S. The number of thiazole rings is 1. The normalized spacial score (nSPS) is 10.5. The molecule has 0 saturated heterocycles. The summed E-state index contributed by atoms with van der Waals surface area (Å²) in [5, 5.41) is 2.89. The highest BCUT2D eigenvalue weighted by molar-refractivity contribution is 7.09. The van der Waals surface area contributed by atoms with E-state index in [4.69, 9.17) is 4.74 Å². The van der Waals surface area contributed by atoms with Crippen LogP contribution in [0.5, 0.6) is 5.75 Å². The van der Waals surface area contributed by atoms with Crippen molar-refractivity contribution in [3.63, 3.8) is 0 Å². The van der Waals surface area contributed by atoms with E-state index in [0.29, 0.717) is 19.7 Å². The number of hydrogen-bond acceptors (Lipinski definition) is 4. The van der Waals surface area contributed by atoms with Crippen LogP contribution in [-0.2, 0) is 17.9 Å². The quantitative estimate of drug-likeness (QED) is 0.708. The summed E-state index contributed by atoms with van der Waals surface area (Å²) in [4.78, 5) is 17.9. The van der Waals surface area contributed by atoms with Gasteiger partial charge >= 0.3 is 0 Å². The molecule has 0 bridgehead atoms. The molecule has 4 nitrogen and oxygen atoms in total. The van der Waals surface area contributed by atoms with Crippen LogP contribution in [0.1, 0.15) is 34.3 Å². The van der Waals surface area contributed by atoms with E-state index in [0.717, 1.165) is 22.0 Å². The summed E-state index contributed by atoms with van der Waals surface area (Å²) in [6.45, 7) is 12.9. The first-order valence-corrected chi connectivity index (χ1v) is 8.79. The lowest BCUT2D eigenvalue weighted by molar-refractivity contribution is -0.128. The summed E-state index contributed by atoms with van der Waals surface area (Å²) in [6.07, 6.45) is 1.72. The summed E-state index contributed by atoms with van der Waals surface area (Å²) in [5.41, 5.74) is 4.46. The Bertz CT molecular complexity index is 737. The Kier molecular flexibility index (Phi) is 6.15. The minimum absolute atomic E-state index is 0.0200. The molecule has 128 valence electrons. The second kappa shape index (κ2) is 8.11. The van der Waals surface area contributed by atoms with Gasteiger partial charge in [-0.15, -0.1) is 17.9 Å². The molecule has 0 unspecified atom stereocenters. The zero-order chi connectivity index (χ0) is 17.7. The third-order valence-corrected chi connectivity index (χ3v) is 4.73. The van der Waals surface area contributed by atoms with Crippen LogP contribution in [0.25, 0.3) is 0 Å². The molecule has 0 fully saturated rings. The molecule has 0 atom stereocenters. The minimum Gasteiger partial charge on any atom is -0.486 e. The number of benzene rings is 1. The Labute approximate surface area is 147 Å². The fraction of sp³-hybridized carbons (Fsp3) is 0.368. The van der Waals surface area contributed by atoms with Gasteiger partial charge in [-0.3, -0.25) is 4.79 Å². The van der Waals surface area contributed by atoms with Crippen LogP contribution in [-0.4, -0.2) is 22.3 Å². The molecule has 0 saturated carbocycles. The van der Waals surface area contributed by atoms with E-state index in [-0.39, 0.29) is 5.91 Å². The molecular weight excluding hydrogens is 320 g/mol. The molecule has 1 amide bonds. The summed E-state index contributed by atoms with van der Waals surface area (Å²) in [6, 6.07) is 4.21. The Morgan fingerprint density at radius 3 is 2.79 bits per heavy atom. The third-order valence-electron chi connectivity index (χ3n) is 3.86. The number of carbonyl (C=O) groups is 1. The van der Waals surface area contributed by atoms with Gasteiger partial charge in [-0.25, -0.2) is 4.98 Å².